The zero-order chi connectivity index (χ0) is 6.41. The van der Waals surface area contributed by atoms with E-state index in [-0.39, 0.29) is 0 Å². The Kier molecular flexibility index (Phi) is 5.01. The summed E-state index contributed by atoms with van der Waals surface area (Å²) in [4.78, 5) is 0. The molecule has 1 unspecified atom stereocenters. The predicted octanol–water partition coefficient (Wildman–Crippen LogP) is -0.395. The Morgan fingerprint density at radius 1 is 1.62 bits per heavy atom. The van der Waals surface area contributed by atoms with Crippen LogP contribution >= 0.6 is 0 Å². The van der Waals surface area contributed by atoms with Crippen LogP contribution in [0.5, 0.6) is 0 Å². The van der Waals surface area contributed by atoms with E-state index in [0.29, 0.717) is 6.10 Å². The van der Waals surface area contributed by atoms with E-state index >= 15 is 0 Å². The monoisotopic (exact) mass is 118 g/mol. The molecule has 1 saturated heterocycles. The summed E-state index contributed by atoms with van der Waals surface area (Å²) in [6.07, 6.45) is 0.593. The highest BCUT2D eigenvalue weighted by molar-refractivity contribution is 4.64. The van der Waals surface area contributed by atoms with E-state index in [0.717, 1.165) is 13.2 Å². The smallest absolute Gasteiger partial charge is 0.130 e. The van der Waals surface area contributed by atoms with Crippen LogP contribution in [0.2, 0.25) is 0 Å². The minimum Gasteiger partial charge on any atom is -0.367 e. The first-order valence-electron chi connectivity index (χ1n) is 3.33. The molecule has 1 rings (SSSR count). The molecule has 2 N–H and O–H groups in total. The number of ether oxygens (including phenoxy) is 1. The quantitative estimate of drug-likeness (QED) is 0.491. The molecule has 1 fully saturated rings. The molecular formula is C6H16NO+. The summed E-state index contributed by atoms with van der Waals surface area (Å²) in [5.41, 5.74) is 0. The van der Waals surface area contributed by atoms with E-state index in [4.69, 9.17) is 4.74 Å². The van der Waals surface area contributed by atoms with E-state index < -0.39 is 0 Å². The van der Waals surface area contributed by atoms with Gasteiger partial charge in [-0.15, -0.1) is 0 Å². The third-order valence-electron chi connectivity index (χ3n) is 0.901. The van der Waals surface area contributed by atoms with Crippen LogP contribution < -0.4 is 5.32 Å². The first kappa shape index (κ1) is 7.92. The number of quaternary nitrogens is 1. The highest BCUT2D eigenvalue weighted by Crippen LogP contribution is 2.03. The van der Waals surface area contributed by atoms with Crippen LogP contribution in [0.15, 0.2) is 0 Å². The van der Waals surface area contributed by atoms with Gasteiger partial charge >= 0.3 is 0 Å². The molecule has 0 aromatic carbocycles. The van der Waals surface area contributed by atoms with E-state index in [9.17, 15) is 0 Å². The van der Waals surface area contributed by atoms with Gasteiger partial charge in [0.2, 0.25) is 0 Å². The molecule has 0 aliphatic carbocycles. The summed E-state index contributed by atoms with van der Waals surface area (Å²) in [7, 11) is 2.06. The van der Waals surface area contributed by atoms with Crippen molar-refractivity contribution in [1.29, 1.82) is 0 Å². The summed E-state index contributed by atoms with van der Waals surface area (Å²) in [6.45, 7) is 6.13. The second kappa shape index (κ2) is 5.06. The van der Waals surface area contributed by atoms with Gasteiger partial charge in [0, 0.05) is 0 Å². The maximum Gasteiger partial charge on any atom is 0.130 e. The lowest BCUT2D eigenvalue weighted by atomic mass is 10.5. The van der Waals surface area contributed by atoms with Crippen LogP contribution in [0.1, 0.15) is 13.8 Å². The van der Waals surface area contributed by atoms with Crippen molar-refractivity contribution in [2.45, 2.75) is 20.0 Å². The van der Waals surface area contributed by atoms with Crippen molar-refractivity contribution in [3.05, 3.63) is 0 Å². The van der Waals surface area contributed by atoms with Gasteiger partial charge in [-0.25, -0.2) is 0 Å². The normalized spacial score (nSPS) is 23.6. The Labute approximate surface area is 51.2 Å². The summed E-state index contributed by atoms with van der Waals surface area (Å²) in [6, 6.07) is 0. The minimum absolute atomic E-state index is 0.593. The van der Waals surface area contributed by atoms with Crippen LogP contribution in [-0.4, -0.2) is 26.3 Å². The zero-order valence-corrected chi connectivity index (χ0v) is 5.98. The fourth-order valence-corrected chi connectivity index (χ4v) is 0.467. The minimum atomic E-state index is 0.593. The largest absolute Gasteiger partial charge is 0.367 e. The lowest BCUT2D eigenvalue weighted by Gasteiger charge is -1.81. The molecule has 0 aromatic rings. The van der Waals surface area contributed by atoms with E-state index in [1.807, 2.05) is 13.8 Å². The standard InChI is InChI=1S/C4H9NO.C2H6/c1-5-2-4-3-6-4;1-2/h4-5H,2-3H2,1H3;1-2H3/p+1. The van der Waals surface area contributed by atoms with Crippen LogP contribution in [-0.2, 0) is 4.74 Å². The van der Waals surface area contributed by atoms with E-state index in [2.05, 4.69) is 12.4 Å². The van der Waals surface area contributed by atoms with Crippen molar-refractivity contribution < 1.29 is 10.1 Å². The van der Waals surface area contributed by atoms with Gasteiger partial charge in [-0.2, -0.15) is 0 Å². The molecule has 2 heteroatoms. The molecule has 0 aromatic heterocycles. The van der Waals surface area contributed by atoms with Crippen LogP contribution in [0, 0.1) is 0 Å². The zero-order valence-electron chi connectivity index (χ0n) is 5.98. The Bertz CT molecular complexity index is 43.8. The first-order valence-corrected chi connectivity index (χ1v) is 3.33. The van der Waals surface area contributed by atoms with Crippen molar-refractivity contribution in [2.75, 3.05) is 20.2 Å². The van der Waals surface area contributed by atoms with Crippen molar-refractivity contribution >= 4 is 0 Å². The van der Waals surface area contributed by atoms with Gasteiger partial charge in [0.05, 0.1) is 13.7 Å². The Hall–Kier alpha value is -0.0800. The molecule has 0 spiro atoms. The summed E-state index contributed by atoms with van der Waals surface area (Å²) >= 11 is 0. The number of hydrogen-bond donors (Lipinski definition) is 1. The number of epoxide rings is 1. The third kappa shape index (κ3) is 4.09. The van der Waals surface area contributed by atoms with Gasteiger partial charge in [0.25, 0.3) is 0 Å². The first-order chi connectivity index (χ1) is 3.93. The molecule has 0 radical (unpaired) electrons. The molecule has 1 atom stereocenters. The van der Waals surface area contributed by atoms with Crippen LogP contribution in [0.25, 0.3) is 0 Å². The molecule has 1 aliphatic rings. The molecule has 2 nitrogen and oxygen atoms in total. The average molecular weight is 118 g/mol. The van der Waals surface area contributed by atoms with Crippen molar-refractivity contribution in [2.24, 2.45) is 0 Å². The number of rotatable bonds is 2. The van der Waals surface area contributed by atoms with E-state index in [1.54, 1.807) is 0 Å². The Balaban J connectivity index is 0.000000222. The number of hydrogen-bond acceptors (Lipinski definition) is 1. The molecular weight excluding hydrogens is 102 g/mol. The molecule has 0 bridgehead atoms. The summed E-state index contributed by atoms with van der Waals surface area (Å²) < 4.78 is 4.92. The number of nitrogens with two attached hydrogens (primary N) is 1. The summed E-state index contributed by atoms with van der Waals surface area (Å²) in [5.74, 6) is 0. The Morgan fingerprint density at radius 3 is 2.25 bits per heavy atom. The summed E-state index contributed by atoms with van der Waals surface area (Å²) in [5, 5.41) is 2.14. The topological polar surface area (TPSA) is 29.1 Å². The van der Waals surface area contributed by atoms with Crippen molar-refractivity contribution in [1.82, 2.24) is 0 Å². The van der Waals surface area contributed by atoms with Gasteiger partial charge in [-0.3, -0.25) is 0 Å². The number of likely N-dealkylation sites (N-methyl/N-ethyl adjacent to an activating group) is 1. The van der Waals surface area contributed by atoms with Crippen molar-refractivity contribution in [3.8, 4) is 0 Å². The average Bonchev–Trinajstić information content (AvgIpc) is 2.57. The second-order valence-corrected chi connectivity index (χ2v) is 1.60. The fourth-order valence-electron chi connectivity index (χ4n) is 0.467. The lowest BCUT2D eigenvalue weighted by Crippen LogP contribution is -2.81. The van der Waals surface area contributed by atoms with Crippen LogP contribution in [0.3, 0.4) is 0 Å². The maximum absolute atomic E-state index is 4.92. The van der Waals surface area contributed by atoms with Crippen molar-refractivity contribution in [3.63, 3.8) is 0 Å². The molecule has 0 amide bonds. The molecule has 1 aliphatic heterocycles. The highest BCUT2D eigenvalue weighted by Gasteiger charge is 2.22. The van der Waals surface area contributed by atoms with E-state index in [1.165, 1.54) is 0 Å². The maximum atomic E-state index is 4.92. The van der Waals surface area contributed by atoms with Gasteiger partial charge in [-0.1, -0.05) is 13.8 Å². The molecule has 8 heavy (non-hydrogen) atoms. The Morgan fingerprint density at radius 2 is 2.12 bits per heavy atom. The highest BCUT2D eigenvalue weighted by atomic mass is 16.6. The second-order valence-electron chi connectivity index (χ2n) is 1.60. The molecule has 50 valence electrons. The van der Waals surface area contributed by atoms with Gasteiger partial charge in [0.1, 0.15) is 12.6 Å². The van der Waals surface area contributed by atoms with Gasteiger partial charge in [0.15, 0.2) is 0 Å². The molecule has 0 saturated carbocycles. The predicted molar refractivity (Wildman–Crippen MR) is 33.8 cm³/mol. The van der Waals surface area contributed by atoms with Gasteiger partial charge in [-0.05, 0) is 0 Å². The van der Waals surface area contributed by atoms with Crippen LogP contribution in [0.4, 0.5) is 0 Å². The fraction of sp³-hybridized carbons (Fsp3) is 1.00. The lowest BCUT2D eigenvalue weighted by molar-refractivity contribution is -0.628. The third-order valence-corrected chi connectivity index (χ3v) is 0.901. The van der Waals surface area contributed by atoms with Gasteiger partial charge < -0.3 is 10.1 Å². The SMILES string of the molecule is CC.C[NH2+]CC1CO1. The molecule has 1 heterocycles.